The van der Waals surface area contributed by atoms with Gasteiger partial charge in [-0.1, -0.05) is 134 Å². The third kappa shape index (κ3) is 26.6. The lowest BCUT2D eigenvalue weighted by molar-refractivity contribution is -0.297. The monoisotopic (exact) mass is 776 g/mol. The molecule has 6 atom stereocenters. The third-order valence-electron chi connectivity index (χ3n) is 9.28. The minimum absolute atomic E-state index is 0.150. The summed E-state index contributed by atoms with van der Waals surface area (Å²) < 4.78 is 53.8. The van der Waals surface area contributed by atoms with Gasteiger partial charge in [-0.3, -0.25) is 14.1 Å². The van der Waals surface area contributed by atoms with E-state index in [0.29, 0.717) is 12.8 Å². The first-order chi connectivity index (χ1) is 25.5. The van der Waals surface area contributed by atoms with Gasteiger partial charge in [-0.05, 0) is 38.5 Å². The topological polar surface area (TPSA) is 186 Å². The predicted octanol–water partition coefficient (Wildman–Crippen LogP) is 7.28. The molecule has 1 aliphatic heterocycles. The number of hydrogen-bond acceptors (Lipinski definition) is 11. The summed E-state index contributed by atoms with van der Waals surface area (Å²) in [5.74, 6) is -2.00. The Morgan fingerprint density at radius 1 is 0.642 bits per heavy atom. The van der Waals surface area contributed by atoms with Crippen molar-refractivity contribution in [1.82, 2.24) is 0 Å². The highest BCUT2D eigenvalue weighted by molar-refractivity contribution is 7.85. The summed E-state index contributed by atoms with van der Waals surface area (Å²) in [5.41, 5.74) is 0. The van der Waals surface area contributed by atoms with Crippen molar-refractivity contribution in [3.63, 3.8) is 0 Å². The summed E-state index contributed by atoms with van der Waals surface area (Å²) in [6.07, 6.45) is 22.3. The van der Waals surface area contributed by atoms with Gasteiger partial charge in [0.1, 0.15) is 36.8 Å². The van der Waals surface area contributed by atoms with Gasteiger partial charge in [0.25, 0.3) is 10.1 Å². The lowest BCUT2D eigenvalue weighted by atomic mass is 10.00. The minimum atomic E-state index is -4.60. The van der Waals surface area contributed by atoms with Crippen LogP contribution in [0.3, 0.4) is 0 Å². The maximum atomic E-state index is 12.7. The molecule has 4 N–H and O–H groups in total. The smallest absolute Gasteiger partial charge is 0.306 e. The first-order valence-electron chi connectivity index (χ1n) is 20.4. The molecule has 1 rings (SSSR count). The Morgan fingerprint density at radius 3 is 1.72 bits per heavy atom. The molecule has 53 heavy (non-hydrogen) atoms. The molecule has 0 aliphatic carbocycles. The van der Waals surface area contributed by atoms with Gasteiger partial charge in [-0.15, -0.1) is 0 Å². The lowest BCUT2D eigenvalue weighted by Gasteiger charge is -2.40. The molecule has 0 radical (unpaired) electrons. The average Bonchev–Trinajstić information content (AvgIpc) is 3.12. The number of allylic oxidation sites excluding steroid dienone is 4. The van der Waals surface area contributed by atoms with Crippen LogP contribution in [0.25, 0.3) is 0 Å². The van der Waals surface area contributed by atoms with Gasteiger partial charge in [0.15, 0.2) is 12.4 Å². The summed E-state index contributed by atoms with van der Waals surface area (Å²) in [7, 11) is -4.60. The molecule has 12 nitrogen and oxygen atoms in total. The van der Waals surface area contributed by atoms with Crippen LogP contribution in [0.15, 0.2) is 24.3 Å². The molecule has 1 aliphatic rings. The van der Waals surface area contributed by atoms with Crippen molar-refractivity contribution in [2.24, 2.45) is 0 Å². The third-order valence-corrected chi connectivity index (χ3v) is 10.0. The van der Waals surface area contributed by atoms with Crippen LogP contribution in [-0.2, 0) is 38.7 Å². The van der Waals surface area contributed by atoms with Crippen molar-refractivity contribution in [1.29, 1.82) is 0 Å². The molecule has 1 saturated heterocycles. The summed E-state index contributed by atoms with van der Waals surface area (Å²) in [5, 5.41) is 30.8. The predicted molar refractivity (Wildman–Crippen MR) is 206 cm³/mol. The van der Waals surface area contributed by atoms with Crippen molar-refractivity contribution in [2.75, 3.05) is 19.0 Å². The zero-order chi connectivity index (χ0) is 39.2. The molecule has 310 valence electrons. The minimum Gasteiger partial charge on any atom is -0.462 e. The van der Waals surface area contributed by atoms with E-state index in [1.165, 1.54) is 57.8 Å². The molecule has 0 amide bonds. The van der Waals surface area contributed by atoms with E-state index >= 15 is 0 Å². The summed E-state index contributed by atoms with van der Waals surface area (Å²) in [6, 6.07) is 0. The highest BCUT2D eigenvalue weighted by atomic mass is 32.2. The van der Waals surface area contributed by atoms with E-state index in [2.05, 4.69) is 38.2 Å². The Bertz CT molecular complexity index is 1100. The molecule has 0 bridgehead atoms. The second-order valence-corrected chi connectivity index (χ2v) is 15.8. The van der Waals surface area contributed by atoms with Gasteiger partial charge in [0.05, 0.1) is 6.61 Å². The summed E-state index contributed by atoms with van der Waals surface area (Å²) in [4.78, 5) is 25.2. The van der Waals surface area contributed by atoms with Gasteiger partial charge in [-0.25, -0.2) is 0 Å². The number of carbonyl (C=O) groups excluding carboxylic acids is 2. The van der Waals surface area contributed by atoms with Gasteiger partial charge in [0.2, 0.25) is 0 Å². The highest BCUT2D eigenvalue weighted by Gasteiger charge is 2.46. The molecule has 1 heterocycles. The largest absolute Gasteiger partial charge is 0.462 e. The quantitative estimate of drug-likeness (QED) is 0.0226. The molecule has 1 fully saturated rings. The normalized spacial score (nSPS) is 21.4. The number of carbonyl (C=O) groups is 2. The first-order valence-corrected chi connectivity index (χ1v) is 22.0. The Morgan fingerprint density at radius 2 is 1.15 bits per heavy atom. The number of unbranched alkanes of at least 4 members (excludes halogenated alkanes) is 17. The van der Waals surface area contributed by atoms with Crippen LogP contribution in [0.2, 0.25) is 0 Å². The summed E-state index contributed by atoms with van der Waals surface area (Å²) in [6.45, 7) is 3.68. The van der Waals surface area contributed by atoms with E-state index in [1.807, 2.05) is 0 Å². The fourth-order valence-corrected chi connectivity index (χ4v) is 6.74. The second-order valence-electron chi connectivity index (χ2n) is 14.3. The van der Waals surface area contributed by atoms with Crippen LogP contribution in [0.4, 0.5) is 0 Å². The fraction of sp³-hybridized carbons (Fsp3) is 0.850. The Hall–Kier alpha value is -1.87. The average molecular weight is 777 g/mol. The van der Waals surface area contributed by atoms with Crippen LogP contribution < -0.4 is 0 Å². The van der Waals surface area contributed by atoms with Crippen LogP contribution in [-0.4, -0.2) is 96.0 Å². The van der Waals surface area contributed by atoms with E-state index in [9.17, 15) is 37.9 Å². The molecule has 0 saturated carbocycles. The fourth-order valence-electron chi connectivity index (χ4n) is 6.04. The Balaban J connectivity index is 2.52. The lowest BCUT2D eigenvalue weighted by Crippen LogP contribution is -2.60. The molecule has 6 unspecified atom stereocenters. The number of ether oxygens (including phenoxy) is 4. The van der Waals surface area contributed by atoms with Crippen LogP contribution in [0, 0.1) is 0 Å². The molecule has 0 aromatic rings. The number of aliphatic hydroxyl groups excluding tert-OH is 3. The van der Waals surface area contributed by atoms with Crippen LogP contribution >= 0.6 is 0 Å². The van der Waals surface area contributed by atoms with Gasteiger partial charge < -0.3 is 34.3 Å². The van der Waals surface area contributed by atoms with E-state index in [4.69, 9.17) is 18.9 Å². The zero-order valence-electron chi connectivity index (χ0n) is 32.6. The van der Waals surface area contributed by atoms with Gasteiger partial charge >= 0.3 is 11.9 Å². The number of hydrogen-bond donors (Lipinski definition) is 4. The Kier molecular flexibility index (Phi) is 29.1. The van der Waals surface area contributed by atoms with Gasteiger partial charge in [-0.2, -0.15) is 8.42 Å². The molecular formula is C40H72O12S. The molecular weight excluding hydrogens is 704 g/mol. The zero-order valence-corrected chi connectivity index (χ0v) is 33.4. The van der Waals surface area contributed by atoms with Crippen LogP contribution in [0.1, 0.15) is 162 Å². The Labute approximate surface area is 319 Å². The number of esters is 2. The maximum absolute atomic E-state index is 12.7. The molecule has 0 spiro atoms. The first kappa shape index (κ1) is 49.1. The summed E-state index contributed by atoms with van der Waals surface area (Å²) >= 11 is 0. The van der Waals surface area contributed by atoms with Gasteiger partial charge in [0, 0.05) is 12.8 Å². The molecule has 13 heteroatoms. The number of rotatable bonds is 33. The van der Waals surface area contributed by atoms with E-state index in [-0.39, 0.29) is 19.4 Å². The van der Waals surface area contributed by atoms with E-state index in [1.54, 1.807) is 0 Å². The van der Waals surface area contributed by atoms with Crippen molar-refractivity contribution in [2.45, 2.75) is 198 Å². The molecule has 0 aromatic carbocycles. The van der Waals surface area contributed by atoms with Crippen molar-refractivity contribution < 1.29 is 56.8 Å². The van der Waals surface area contributed by atoms with Crippen molar-refractivity contribution in [3.05, 3.63) is 24.3 Å². The van der Waals surface area contributed by atoms with E-state index in [0.717, 1.165) is 64.2 Å². The SMILES string of the molecule is CCCC/C=C\C/C=C\CCCCCCCC(=O)OC(COC(=O)CCCCCCCCCCCCC)COC1OC(CS(=O)(=O)O)C(O)C(O)C1O. The van der Waals surface area contributed by atoms with Crippen molar-refractivity contribution in [3.8, 4) is 0 Å². The van der Waals surface area contributed by atoms with E-state index < -0.39 is 71.2 Å². The molecule has 0 aromatic heterocycles. The van der Waals surface area contributed by atoms with Crippen molar-refractivity contribution >= 4 is 22.1 Å². The number of aliphatic hydroxyl groups is 3. The highest BCUT2D eigenvalue weighted by Crippen LogP contribution is 2.24. The van der Waals surface area contributed by atoms with Crippen LogP contribution in [0.5, 0.6) is 0 Å². The second kappa shape index (κ2) is 31.3. The standard InChI is InChI=1S/C40H72O12S/c1-3-5-7-9-11-13-15-16-17-19-21-23-25-27-29-36(42)51-33(30-49-35(41)28-26-24-22-20-18-14-12-10-8-6-4-2)31-50-40-39(45)38(44)37(43)34(52-40)32-53(46,47)48/h9,11,15-16,33-34,37-40,43-45H,3-8,10,12-14,17-32H2,1-2H3,(H,46,47,48)/b11-9-,16-15-. The maximum Gasteiger partial charge on any atom is 0.306 e.